The van der Waals surface area contributed by atoms with E-state index < -0.39 is 10.8 Å². The molecule has 0 heterocycles. The summed E-state index contributed by atoms with van der Waals surface area (Å²) < 4.78 is 0. The Morgan fingerprint density at radius 1 is 0.484 bits per heavy atom. The van der Waals surface area contributed by atoms with Crippen LogP contribution in [0.15, 0.2) is 0 Å². The molecule has 0 radical (unpaired) electrons. The molecule has 0 rings (SSSR count). The molecule has 0 amide bonds. The van der Waals surface area contributed by atoms with Crippen molar-refractivity contribution in [3.05, 3.63) is 0 Å². The van der Waals surface area contributed by atoms with Crippen LogP contribution in [-0.2, 0) is 0 Å². The Kier molecular flexibility index (Phi) is 12.8. The van der Waals surface area contributed by atoms with E-state index in [0.29, 0.717) is 23.7 Å². The van der Waals surface area contributed by atoms with E-state index in [9.17, 15) is 15.8 Å². The average Bonchev–Trinajstić information content (AvgIpc) is 2.58. The van der Waals surface area contributed by atoms with Crippen molar-refractivity contribution in [1.82, 2.24) is 0 Å². The minimum atomic E-state index is -0.555. The van der Waals surface area contributed by atoms with Crippen LogP contribution >= 0.6 is 0 Å². The first kappa shape index (κ1) is 31.7. The summed E-state index contributed by atoms with van der Waals surface area (Å²) in [6.45, 7) is 27.7. The van der Waals surface area contributed by atoms with Crippen LogP contribution in [0.4, 0.5) is 0 Å². The van der Waals surface area contributed by atoms with Gasteiger partial charge in [-0.25, -0.2) is 0 Å². The molecule has 0 aromatic carbocycles. The summed E-state index contributed by atoms with van der Waals surface area (Å²) in [7, 11) is 0. The highest BCUT2D eigenvalue weighted by molar-refractivity contribution is 5.15. The molecule has 3 heteroatoms. The first-order chi connectivity index (χ1) is 13.8. The summed E-state index contributed by atoms with van der Waals surface area (Å²) in [5.74, 6) is 2.04. The van der Waals surface area contributed by atoms with Gasteiger partial charge in [-0.1, -0.05) is 76.2 Å². The second-order valence-corrected chi connectivity index (χ2v) is 12.7. The fraction of sp³-hybridized carbons (Fsp3) is 0.893. The fourth-order valence-corrected chi connectivity index (χ4v) is 4.77. The van der Waals surface area contributed by atoms with Gasteiger partial charge in [0, 0.05) is 0 Å². The third-order valence-electron chi connectivity index (χ3n) is 6.51. The molecular formula is C28H51N3. The molecule has 3 nitrogen and oxygen atoms in total. The Morgan fingerprint density at radius 3 is 0.871 bits per heavy atom. The first-order valence-corrected chi connectivity index (χ1v) is 12.1. The second-order valence-electron chi connectivity index (χ2n) is 12.7. The Bertz CT molecular complexity index is 604. The summed E-state index contributed by atoms with van der Waals surface area (Å²) in [6.07, 6.45) is 3.57. The second kappa shape index (κ2) is 12.5. The van der Waals surface area contributed by atoms with E-state index in [0.717, 1.165) is 25.7 Å². The van der Waals surface area contributed by atoms with Gasteiger partial charge in [0.1, 0.15) is 0 Å². The quantitative estimate of drug-likeness (QED) is 0.367. The van der Waals surface area contributed by atoms with Gasteiger partial charge >= 0.3 is 0 Å². The lowest BCUT2D eigenvalue weighted by molar-refractivity contribution is 0.0956. The highest BCUT2D eigenvalue weighted by Crippen LogP contribution is 2.48. The van der Waals surface area contributed by atoms with Crippen LogP contribution in [0, 0.1) is 79.3 Å². The van der Waals surface area contributed by atoms with Gasteiger partial charge in [0.05, 0.1) is 34.5 Å². The zero-order valence-corrected chi connectivity index (χ0v) is 23.0. The molecule has 0 fully saturated rings. The van der Waals surface area contributed by atoms with Gasteiger partial charge in [-0.2, -0.15) is 15.8 Å². The van der Waals surface area contributed by atoms with Crippen LogP contribution in [-0.4, -0.2) is 0 Å². The standard InChI is InChI=1S/C14H24N2.C14H27N/c1-11(2)7-13(5,9-15)14(6,10-16)8-12(3)4;1-11(2)8-14(10-15,9-12(3)4)13(5,6)7/h11-12H,7-8H2,1-6H3;11-12H,8-9H2,1-7H3. The highest BCUT2D eigenvalue weighted by atomic mass is 14.5. The Labute approximate surface area is 195 Å². The molecule has 0 aliphatic carbocycles. The van der Waals surface area contributed by atoms with Gasteiger partial charge in [0.15, 0.2) is 0 Å². The van der Waals surface area contributed by atoms with Crippen molar-refractivity contribution < 1.29 is 0 Å². The SMILES string of the molecule is CC(C)CC(C#N)(CC(C)C)C(C)(C)C.CC(C)CC(C)(C#N)C(C)(C#N)CC(C)C. The normalized spacial score (nSPS) is 16.1. The summed E-state index contributed by atoms with van der Waals surface area (Å²) >= 11 is 0. The lowest BCUT2D eigenvalue weighted by Gasteiger charge is -2.41. The van der Waals surface area contributed by atoms with Crippen LogP contribution in [0.1, 0.15) is 116 Å². The van der Waals surface area contributed by atoms with E-state index in [1.807, 2.05) is 13.8 Å². The maximum absolute atomic E-state index is 9.56. The van der Waals surface area contributed by atoms with E-state index in [1.165, 1.54) is 0 Å². The minimum absolute atomic E-state index is 0.0658. The van der Waals surface area contributed by atoms with Gasteiger partial charge in [-0.05, 0) is 68.6 Å². The first-order valence-electron chi connectivity index (χ1n) is 12.1. The van der Waals surface area contributed by atoms with Crippen molar-refractivity contribution in [1.29, 1.82) is 15.8 Å². The molecule has 0 saturated carbocycles. The van der Waals surface area contributed by atoms with Crippen LogP contribution in [0.2, 0.25) is 0 Å². The zero-order valence-electron chi connectivity index (χ0n) is 23.0. The van der Waals surface area contributed by atoms with E-state index in [4.69, 9.17) is 0 Å². The minimum Gasteiger partial charge on any atom is -0.198 e. The Hall–Kier alpha value is -1.53. The number of rotatable bonds is 9. The maximum atomic E-state index is 9.56. The number of nitriles is 3. The van der Waals surface area contributed by atoms with Gasteiger partial charge in [-0.15, -0.1) is 0 Å². The molecule has 0 aliphatic heterocycles. The zero-order chi connectivity index (χ0) is 25.3. The number of hydrogen-bond acceptors (Lipinski definition) is 3. The molecule has 178 valence electrons. The monoisotopic (exact) mass is 429 g/mol. The van der Waals surface area contributed by atoms with Crippen LogP contribution in [0.5, 0.6) is 0 Å². The molecule has 0 spiro atoms. The molecule has 0 aliphatic rings. The van der Waals surface area contributed by atoms with Crippen molar-refractivity contribution in [3.63, 3.8) is 0 Å². The number of nitrogens with zero attached hydrogens (tertiary/aromatic N) is 3. The van der Waals surface area contributed by atoms with E-state index in [1.54, 1.807) is 0 Å². The predicted molar refractivity (Wildman–Crippen MR) is 133 cm³/mol. The van der Waals surface area contributed by atoms with E-state index >= 15 is 0 Å². The van der Waals surface area contributed by atoms with Crippen molar-refractivity contribution in [3.8, 4) is 18.2 Å². The molecule has 31 heavy (non-hydrogen) atoms. The smallest absolute Gasteiger partial charge is 0.0731 e. The molecule has 0 bridgehead atoms. The van der Waals surface area contributed by atoms with Gasteiger partial charge in [-0.3, -0.25) is 0 Å². The van der Waals surface area contributed by atoms with Crippen molar-refractivity contribution in [2.75, 3.05) is 0 Å². The van der Waals surface area contributed by atoms with Crippen LogP contribution < -0.4 is 0 Å². The molecule has 0 N–H and O–H groups in total. The molecular weight excluding hydrogens is 378 g/mol. The van der Waals surface area contributed by atoms with Gasteiger partial charge in [0.2, 0.25) is 0 Å². The van der Waals surface area contributed by atoms with Crippen LogP contribution in [0.3, 0.4) is 0 Å². The summed E-state index contributed by atoms with van der Waals surface area (Å²) in [4.78, 5) is 0. The molecule has 2 atom stereocenters. The number of hydrogen-bond donors (Lipinski definition) is 0. The largest absolute Gasteiger partial charge is 0.198 e. The van der Waals surface area contributed by atoms with Gasteiger partial charge in [0.25, 0.3) is 0 Å². The van der Waals surface area contributed by atoms with Crippen molar-refractivity contribution in [2.24, 2.45) is 45.3 Å². The van der Waals surface area contributed by atoms with Crippen LogP contribution in [0.25, 0.3) is 0 Å². The maximum Gasteiger partial charge on any atom is 0.0731 e. The van der Waals surface area contributed by atoms with Crippen molar-refractivity contribution >= 4 is 0 Å². The Morgan fingerprint density at radius 2 is 0.742 bits per heavy atom. The molecule has 0 aromatic heterocycles. The Balaban J connectivity index is 0. The molecule has 0 saturated heterocycles. The predicted octanol–water partition coefficient (Wildman–Crippen LogP) is 8.77. The lowest BCUT2D eigenvalue weighted by Crippen LogP contribution is -2.37. The topological polar surface area (TPSA) is 71.4 Å². The summed E-state index contributed by atoms with van der Waals surface area (Å²) in [5.41, 5.74) is -1.22. The van der Waals surface area contributed by atoms with E-state index in [-0.39, 0.29) is 10.8 Å². The third kappa shape index (κ3) is 9.65. The molecule has 0 aromatic rings. The summed E-state index contributed by atoms with van der Waals surface area (Å²) in [6, 6.07) is 7.39. The summed E-state index contributed by atoms with van der Waals surface area (Å²) in [5, 5.41) is 28.4. The lowest BCUT2D eigenvalue weighted by atomic mass is 9.60. The van der Waals surface area contributed by atoms with E-state index in [2.05, 4.69) is 94.4 Å². The third-order valence-corrected chi connectivity index (χ3v) is 6.51. The highest BCUT2D eigenvalue weighted by Gasteiger charge is 2.46. The van der Waals surface area contributed by atoms with Crippen molar-refractivity contribution in [2.45, 2.75) is 116 Å². The molecule has 2 unspecified atom stereocenters. The fourth-order valence-electron chi connectivity index (χ4n) is 4.77. The average molecular weight is 430 g/mol. The van der Waals surface area contributed by atoms with Gasteiger partial charge < -0.3 is 0 Å².